The average molecular weight is 227 g/mol. The minimum absolute atomic E-state index is 0.0711. The fourth-order valence-electron chi connectivity index (χ4n) is 0.939. The third-order valence-corrected chi connectivity index (χ3v) is 1.98. The molecular formula is C9H16F3NO2. The fourth-order valence-corrected chi connectivity index (χ4v) is 0.939. The van der Waals surface area contributed by atoms with Gasteiger partial charge in [0, 0.05) is 0 Å². The predicted molar refractivity (Wildman–Crippen MR) is 49.4 cm³/mol. The summed E-state index contributed by atoms with van der Waals surface area (Å²) in [6.07, 6.45) is -4.15. The standard InChI is InChI=1S/C9H16F3NO2/c1-4-6-13-8(3,9(10,11)12)7(14)15-5-2/h13H,4-6H2,1-3H3. The molecule has 0 saturated heterocycles. The van der Waals surface area contributed by atoms with Gasteiger partial charge in [-0.05, 0) is 26.8 Å². The molecule has 0 amide bonds. The number of ether oxygens (including phenoxy) is 1. The Morgan fingerprint density at radius 2 is 1.87 bits per heavy atom. The van der Waals surface area contributed by atoms with Gasteiger partial charge < -0.3 is 4.74 Å². The highest BCUT2D eigenvalue weighted by atomic mass is 19.4. The second-order valence-electron chi connectivity index (χ2n) is 3.27. The van der Waals surface area contributed by atoms with E-state index in [-0.39, 0.29) is 13.2 Å². The Bertz CT molecular complexity index is 218. The van der Waals surface area contributed by atoms with Gasteiger partial charge in [-0.15, -0.1) is 0 Å². The van der Waals surface area contributed by atoms with E-state index in [9.17, 15) is 18.0 Å². The minimum Gasteiger partial charge on any atom is -0.464 e. The number of halogens is 3. The molecule has 0 heterocycles. The van der Waals surface area contributed by atoms with Gasteiger partial charge in [0.1, 0.15) is 0 Å². The van der Waals surface area contributed by atoms with Crippen molar-refractivity contribution in [3.63, 3.8) is 0 Å². The zero-order valence-corrected chi connectivity index (χ0v) is 9.07. The Morgan fingerprint density at radius 1 is 1.33 bits per heavy atom. The van der Waals surface area contributed by atoms with E-state index in [1.807, 2.05) is 0 Å². The van der Waals surface area contributed by atoms with Crippen LogP contribution in [-0.4, -0.2) is 30.8 Å². The number of carbonyl (C=O) groups excluding carboxylic acids is 1. The maximum atomic E-state index is 12.6. The SMILES string of the molecule is CCCNC(C)(C(=O)OCC)C(F)(F)F. The highest BCUT2D eigenvalue weighted by Crippen LogP contribution is 2.31. The first-order valence-electron chi connectivity index (χ1n) is 4.78. The summed E-state index contributed by atoms with van der Waals surface area (Å²) in [6, 6.07) is 0. The highest BCUT2D eigenvalue weighted by molar-refractivity contribution is 5.81. The molecule has 90 valence electrons. The van der Waals surface area contributed by atoms with Crippen molar-refractivity contribution >= 4 is 5.97 Å². The van der Waals surface area contributed by atoms with Gasteiger partial charge in [-0.1, -0.05) is 6.92 Å². The van der Waals surface area contributed by atoms with Crippen molar-refractivity contribution in [2.75, 3.05) is 13.2 Å². The van der Waals surface area contributed by atoms with Crippen LogP contribution in [0.25, 0.3) is 0 Å². The second-order valence-corrected chi connectivity index (χ2v) is 3.27. The molecule has 0 aliphatic rings. The van der Waals surface area contributed by atoms with Gasteiger partial charge in [0.05, 0.1) is 6.61 Å². The summed E-state index contributed by atoms with van der Waals surface area (Å²) in [7, 11) is 0. The number of rotatable bonds is 5. The van der Waals surface area contributed by atoms with Crippen LogP contribution in [0.3, 0.4) is 0 Å². The summed E-state index contributed by atoms with van der Waals surface area (Å²) < 4.78 is 42.3. The monoisotopic (exact) mass is 227 g/mol. The van der Waals surface area contributed by atoms with E-state index in [4.69, 9.17) is 0 Å². The molecule has 0 aromatic heterocycles. The average Bonchev–Trinajstić information content (AvgIpc) is 2.12. The summed E-state index contributed by atoms with van der Waals surface area (Å²) in [4.78, 5) is 11.2. The number of hydrogen-bond donors (Lipinski definition) is 1. The lowest BCUT2D eigenvalue weighted by atomic mass is 10.0. The predicted octanol–water partition coefficient (Wildman–Crippen LogP) is 1.87. The molecule has 0 rings (SSSR count). The lowest BCUT2D eigenvalue weighted by Gasteiger charge is -2.30. The Morgan fingerprint density at radius 3 is 2.20 bits per heavy atom. The van der Waals surface area contributed by atoms with E-state index < -0.39 is 17.7 Å². The zero-order chi connectivity index (χ0) is 12.1. The van der Waals surface area contributed by atoms with E-state index in [0.717, 1.165) is 6.92 Å². The van der Waals surface area contributed by atoms with Crippen LogP contribution in [0, 0.1) is 0 Å². The zero-order valence-electron chi connectivity index (χ0n) is 9.07. The van der Waals surface area contributed by atoms with Crippen LogP contribution in [0.5, 0.6) is 0 Å². The Kier molecular flexibility index (Phi) is 5.07. The van der Waals surface area contributed by atoms with Crippen molar-refractivity contribution in [2.45, 2.75) is 38.9 Å². The molecule has 0 saturated carbocycles. The van der Waals surface area contributed by atoms with E-state index in [2.05, 4.69) is 10.1 Å². The third-order valence-electron chi connectivity index (χ3n) is 1.98. The summed E-state index contributed by atoms with van der Waals surface area (Å²) in [5.41, 5.74) is -2.61. The maximum Gasteiger partial charge on any atom is 0.417 e. The molecule has 0 aromatic rings. The number of nitrogens with one attached hydrogen (secondary N) is 1. The van der Waals surface area contributed by atoms with Crippen LogP contribution >= 0.6 is 0 Å². The van der Waals surface area contributed by atoms with Crippen LogP contribution in [0.1, 0.15) is 27.2 Å². The summed E-state index contributed by atoms with van der Waals surface area (Å²) in [5, 5.41) is 2.17. The van der Waals surface area contributed by atoms with Crippen molar-refractivity contribution in [1.29, 1.82) is 0 Å². The van der Waals surface area contributed by atoms with Crippen molar-refractivity contribution in [2.24, 2.45) is 0 Å². The van der Waals surface area contributed by atoms with Crippen LogP contribution in [0.4, 0.5) is 13.2 Å². The lowest BCUT2D eigenvalue weighted by Crippen LogP contribution is -2.61. The summed E-state index contributed by atoms with van der Waals surface area (Å²) in [5.74, 6) is -1.29. The van der Waals surface area contributed by atoms with Crippen molar-refractivity contribution in [3.8, 4) is 0 Å². The summed E-state index contributed by atoms with van der Waals surface area (Å²) >= 11 is 0. The van der Waals surface area contributed by atoms with Gasteiger partial charge >= 0.3 is 12.1 Å². The molecule has 0 aliphatic heterocycles. The van der Waals surface area contributed by atoms with Crippen LogP contribution in [0.2, 0.25) is 0 Å². The number of hydrogen-bond acceptors (Lipinski definition) is 3. The molecule has 3 nitrogen and oxygen atoms in total. The molecule has 0 fully saturated rings. The largest absolute Gasteiger partial charge is 0.464 e. The van der Waals surface area contributed by atoms with E-state index in [0.29, 0.717) is 6.42 Å². The Labute approximate surface area is 87.0 Å². The minimum atomic E-state index is -4.66. The Hall–Kier alpha value is -0.780. The van der Waals surface area contributed by atoms with Gasteiger partial charge in [-0.25, -0.2) is 4.79 Å². The number of esters is 1. The molecule has 15 heavy (non-hydrogen) atoms. The summed E-state index contributed by atoms with van der Waals surface area (Å²) in [6.45, 7) is 4.01. The molecule has 0 radical (unpaired) electrons. The normalized spacial score (nSPS) is 15.9. The molecule has 1 unspecified atom stereocenters. The van der Waals surface area contributed by atoms with Gasteiger partial charge in [0.2, 0.25) is 5.54 Å². The molecule has 0 spiro atoms. The van der Waals surface area contributed by atoms with E-state index in [1.165, 1.54) is 6.92 Å². The van der Waals surface area contributed by atoms with E-state index >= 15 is 0 Å². The Balaban J connectivity index is 4.77. The first kappa shape index (κ1) is 14.2. The molecule has 1 atom stereocenters. The molecule has 1 N–H and O–H groups in total. The maximum absolute atomic E-state index is 12.6. The topological polar surface area (TPSA) is 38.3 Å². The van der Waals surface area contributed by atoms with Crippen LogP contribution in [-0.2, 0) is 9.53 Å². The van der Waals surface area contributed by atoms with Crippen molar-refractivity contribution < 1.29 is 22.7 Å². The van der Waals surface area contributed by atoms with Crippen molar-refractivity contribution in [3.05, 3.63) is 0 Å². The fraction of sp³-hybridized carbons (Fsp3) is 0.889. The first-order valence-corrected chi connectivity index (χ1v) is 4.78. The second kappa shape index (κ2) is 5.34. The van der Waals surface area contributed by atoms with Gasteiger partial charge in [-0.3, -0.25) is 5.32 Å². The molecule has 0 aromatic carbocycles. The van der Waals surface area contributed by atoms with Crippen LogP contribution < -0.4 is 5.32 Å². The van der Waals surface area contributed by atoms with Gasteiger partial charge in [0.25, 0.3) is 0 Å². The molecular weight excluding hydrogens is 211 g/mol. The number of alkyl halides is 3. The quantitative estimate of drug-likeness (QED) is 0.729. The molecule has 0 bridgehead atoms. The molecule has 0 aliphatic carbocycles. The first-order chi connectivity index (χ1) is 6.79. The smallest absolute Gasteiger partial charge is 0.417 e. The van der Waals surface area contributed by atoms with Crippen LogP contribution in [0.15, 0.2) is 0 Å². The van der Waals surface area contributed by atoms with Crippen molar-refractivity contribution in [1.82, 2.24) is 5.32 Å². The van der Waals surface area contributed by atoms with Gasteiger partial charge in [-0.2, -0.15) is 13.2 Å². The highest BCUT2D eigenvalue weighted by Gasteiger charge is 2.57. The van der Waals surface area contributed by atoms with Gasteiger partial charge in [0.15, 0.2) is 0 Å². The van der Waals surface area contributed by atoms with E-state index in [1.54, 1.807) is 6.92 Å². The lowest BCUT2D eigenvalue weighted by molar-refractivity contribution is -0.209. The number of carbonyl (C=O) groups is 1. The molecule has 6 heteroatoms. The third kappa shape index (κ3) is 3.37.